The van der Waals surface area contributed by atoms with E-state index in [4.69, 9.17) is 4.42 Å². The second-order valence-electron chi connectivity index (χ2n) is 7.15. The molecule has 136 valence electrons. The first kappa shape index (κ1) is 17.7. The van der Waals surface area contributed by atoms with Gasteiger partial charge < -0.3 is 9.73 Å². The zero-order valence-electron chi connectivity index (χ0n) is 15.0. The molecule has 3 aromatic rings. The van der Waals surface area contributed by atoms with Gasteiger partial charge in [0.1, 0.15) is 12.3 Å². The van der Waals surface area contributed by atoms with Gasteiger partial charge >= 0.3 is 5.69 Å². The van der Waals surface area contributed by atoms with Crippen LogP contribution < -0.4 is 16.6 Å². The Balaban J connectivity index is 2.13. The minimum atomic E-state index is -0.547. The molecular weight excluding hydrogens is 334 g/mol. The molecule has 0 saturated carbocycles. The first-order valence-electron chi connectivity index (χ1n) is 8.32. The summed E-state index contributed by atoms with van der Waals surface area (Å²) in [6.07, 6.45) is 1.48. The number of carbonyl (C=O) groups is 1. The van der Waals surface area contributed by atoms with E-state index in [-0.39, 0.29) is 19.0 Å². The summed E-state index contributed by atoms with van der Waals surface area (Å²) in [5, 5.41) is 3.21. The van der Waals surface area contributed by atoms with Gasteiger partial charge in [0.15, 0.2) is 0 Å². The lowest BCUT2D eigenvalue weighted by Gasteiger charge is -2.21. The van der Waals surface area contributed by atoms with Crippen LogP contribution in [0.1, 0.15) is 26.5 Å². The second kappa shape index (κ2) is 6.67. The number of hydrogen-bond donors (Lipinski definition) is 1. The largest absolute Gasteiger partial charge is 0.467 e. The van der Waals surface area contributed by atoms with Gasteiger partial charge in [0.2, 0.25) is 5.91 Å². The van der Waals surface area contributed by atoms with Crippen LogP contribution in [0.25, 0.3) is 10.9 Å². The normalized spacial score (nSPS) is 11.7. The molecule has 2 aromatic heterocycles. The predicted octanol–water partition coefficient (Wildman–Crippen LogP) is 1.72. The molecule has 7 heteroatoms. The third-order valence-corrected chi connectivity index (χ3v) is 3.84. The Morgan fingerprint density at radius 3 is 2.46 bits per heavy atom. The average molecular weight is 355 g/mol. The summed E-state index contributed by atoms with van der Waals surface area (Å²) in [5.74, 6) is 0.193. The number of benzene rings is 1. The number of nitrogens with one attached hydrogen (secondary N) is 1. The van der Waals surface area contributed by atoms with Gasteiger partial charge in [-0.3, -0.25) is 18.7 Å². The summed E-state index contributed by atoms with van der Waals surface area (Å²) >= 11 is 0. The van der Waals surface area contributed by atoms with E-state index in [9.17, 15) is 14.4 Å². The zero-order valence-corrected chi connectivity index (χ0v) is 15.0. The molecule has 3 rings (SSSR count). The highest BCUT2D eigenvalue weighted by molar-refractivity contribution is 5.81. The summed E-state index contributed by atoms with van der Waals surface area (Å²) in [4.78, 5) is 38.0. The minimum Gasteiger partial charge on any atom is -0.467 e. The van der Waals surface area contributed by atoms with Gasteiger partial charge in [0.25, 0.3) is 5.56 Å². The van der Waals surface area contributed by atoms with Gasteiger partial charge in [-0.25, -0.2) is 4.79 Å². The maximum absolute atomic E-state index is 12.9. The fourth-order valence-corrected chi connectivity index (χ4v) is 2.82. The molecule has 0 fully saturated rings. The van der Waals surface area contributed by atoms with Gasteiger partial charge in [-0.2, -0.15) is 0 Å². The predicted molar refractivity (Wildman–Crippen MR) is 98.2 cm³/mol. The number of nitrogens with zero attached hydrogens (tertiary/aromatic N) is 2. The standard InChI is InChI=1S/C19H21N3O4/c1-19(2,3)20-16(23)12-21-15-9-5-4-8-14(15)17(24)22(18(21)25)11-13-7-6-10-26-13/h4-10H,11-12H2,1-3H3,(H,20,23). The van der Waals surface area contributed by atoms with E-state index in [2.05, 4.69) is 5.32 Å². The summed E-state index contributed by atoms with van der Waals surface area (Å²) in [5.41, 5.74) is -0.940. The van der Waals surface area contributed by atoms with Crippen LogP contribution in [-0.4, -0.2) is 20.6 Å². The Kier molecular flexibility index (Phi) is 4.54. The molecule has 7 nitrogen and oxygen atoms in total. The Bertz CT molecular complexity index is 1050. The molecule has 1 aromatic carbocycles. The van der Waals surface area contributed by atoms with E-state index < -0.39 is 16.8 Å². The zero-order chi connectivity index (χ0) is 18.9. The van der Waals surface area contributed by atoms with Gasteiger partial charge in [0.05, 0.1) is 23.7 Å². The number of fused-ring (bicyclic) bond motifs is 1. The fourth-order valence-electron chi connectivity index (χ4n) is 2.82. The molecule has 0 radical (unpaired) electrons. The van der Waals surface area contributed by atoms with E-state index in [0.29, 0.717) is 16.7 Å². The maximum Gasteiger partial charge on any atom is 0.332 e. The number of para-hydroxylation sites is 1. The van der Waals surface area contributed by atoms with Crippen molar-refractivity contribution in [3.63, 3.8) is 0 Å². The molecule has 1 N–H and O–H groups in total. The van der Waals surface area contributed by atoms with Crippen LogP contribution in [0.3, 0.4) is 0 Å². The third-order valence-electron chi connectivity index (χ3n) is 3.84. The van der Waals surface area contributed by atoms with Gasteiger partial charge in [-0.1, -0.05) is 12.1 Å². The number of furan rings is 1. The quantitative estimate of drug-likeness (QED) is 0.772. The van der Waals surface area contributed by atoms with Crippen molar-refractivity contribution in [1.82, 2.24) is 14.5 Å². The van der Waals surface area contributed by atoms with E-state index in [0.717, 1.165) is 4.57 Å². The molecule has 1 amide bonds. The topological polar surface area (TPSA) is 86.2 Å². The maximum atomic E-state index is 12.9. The van der Waals surface area contributed by atoms with Crippen LogP contribution in [0.4, 0.5) is 0 Å². The van der Waals surface area contributed by atoms with Crippen molar-refractivity contribution in [3.8, 4) is 0 Å². The monoisotopic (exact) mass is 355 g/mol. The Labute approximate surface area is 149 Å². The average Bonchev–Trinajstić information content (AvgIpc) is 3.07. The van der Waals surface area contributed by atoms with Crippen molar-refractivity contribution in [2.45, 2.75) is 39.4 Å². The molecule has 26 heavy (non-hydrogen) atoms. The third kappa shape index (κ3) is 3.61. The Hall–Kier alpha value is -3.09. The molecular formula is C19H21N3O4. The second-order valence-corrected chi connectivity index (χ2v) is 7.15. The van der Waals surface area contributed by atoms with Crippen molar-refractivity contribution >= 4 is 16.8 Å². The van der Waals surface area contributed by atoms with Crippen molar-refractivity contribution in [1.29, 1.82) is 0 Å². The van der Waals surface area contributed by atoms with Gasteiger partial charge in [-0.05, 0) is 45.0 Å². The molecule has 0 spiro atoms. The number of carbonyl (C=O) groups excluding carboxylic acids is 1. The smallest absolute Gasteiger partial charge is 0.332 e. The van der Waals surface area contributed by atoms with Crippen LogP contribution in [-0.2, 0) is 17.9 Å². The summed E-state index contributed by atoms with van der Waals surface area (Å²) in [7, 11) is 0. The van der Waals surface area contributed by atoms with Crippen molar-refractivity contribution in [2.24, 2.45) is 0 Å². The number of amides is 1. The molecule has 0 saturated heterocycles. The summed E-state index contributed by atoms with van der Waals surface area (Å²) in [6.45, 7) is 5.43. The molecule has 0 aliphatic rings. The van der Waals surface area contributed by atoms with Crippen LogP contribution in [0.5, 0.6) is 0 Å². The molecule has 0 aliphatic carbocycles. The van der Waals surface area contributed by atoms with Crippen LogP contribution in [0.2, 0.25) is 0 Å². The lowest BCUT2D eigenvalue weighted by Crippen LogP contribution is -2.46. The first-order chi connectivity index (χ1) is 12.3. The van der Waals surface area contributed by atoms with Crippen LogP contribution >= 0.6 is 0 Å². The number of rotatable bonds is 4. The molecule has 2 heterocycles. The van der Waals surface area contributed by atoms with Crippen molar-refractivity contribution in [2.75, 3.05) is 0 Å². The molecule has 0 unspecified atom stereocenters. The lowest BCUT2D eigenvalue weighted by atomic mass is 10.1. The number of hydrogen-bond acceptors (Lipinski definition) is 4. The van der Waals surface area contributed by atoms with E-state index in [1.165, 1.54) is 10.8 Å². The fraction of sp³-hybridized carbons (Fsp3) is 0.316. The highest BCUT2D eigenvalue weighted by atomic mass is 16.3. The lowest BCUT2D eigenvalue weighted by molar-refractivity contribution is -0.123. The van der Waals surface area contributed by atoms with Crippen molar-refractivity contribution < 1.29 is 9.21 Å². The highest BCUT2D eigenvalue weighted by Crippen LogP contribution is 2.09. The summed E-state index contributed by atoms with van der Waals surface area (Å²) in [6, 6.07) is 10.2. The SMILES string of the molecule is CC(C)(C)NC(=O)Cn1c(=O)n(Cc2ccco2)c(=O)c2ccccc21. The van der Waals surface area contributed by atoms with E-state index in [1.807, 2.05) is 20.8 Å². The summed E-state index contributed by atoms with van der Waals surface area (Å²) < 4.78 is 7.67. The first-order valence-corrected chi connectivity index (χ1v) is 8.32. The number of aromatic nitrogens is 2. The van der Waals surface area contributed by atoms with E-state index in [1.54, 1.807) is 36.4 Å². The van der Waals surface area contributed by atoms with Gasteiger partial charge in [-0.15, -0.1) is 0 Å². The van der Waals surface area contributed by atoms with E-state index >= 15 is 0 Å². The Morgan fingerprint density at radius 2 is 1.81 bits per heavy atom. The molecule has 0 aliphatic heterocycles. The molecule has 0 atom stereocenters. The minimum absolute atomic E-state index is 0.0103. The van der Waals surface area contributed by atoms with Gasteiger partial charge in [0, 0.05) is 5.54 Å². The molecule has 0 bridgehead atoms. The highest BCUT2D eigenvalue weighted by Gasteiger charge is 2.18. The van der Waals surface area contributed by atoms with Crippen LogP contribution in [0, 0.1) is 0 Å². The van der Waals surface area contributed by atoms with Crippen molar-refractivity contribution in [3.05, 3.63) is 69.3 Å². The Morgan fingerprint density at radius 1 is 1.08 bits per heavy atom. The van der Waals surface area contributed by atoms with Crippen LogP contribution in [0.15, 0.2) is 56.7 Å².